The highest BCUT2D eigenvalue weighted by atomic mass is 32.2. The summed E-state index contributed by atoms with van der Waals surface area (Å²) in [5.41, 5.74) is 5.19. The lowest BCUT2D eigenvalue weighted by molar-refractivity contribution is -0.115. The van der Waals surface area contributed by atoms with Gasteiger partial charge in [0, 0.05) is 5.69 Å². The van der Waals surface area contributed by atoms with Crippen LogP contribution in [-0.4, -0.2) is 21.1 Å². The number of anilines is 2. The van der Waals surface area contributed by atoms with Crippen LogP contribution in [0.25, 0.3) is 0 Å². The van der Waals surface area contributed by atoms with E-state index in [1.54, 1.807) is 0 Å². The first-order chi connectivity index (χ1) is 7.59. The molecule has 17 heavy (non-hydrogen) atoms. The Hall–Kier alpha value is -1.48. The Balaban J connectivity index is 3.08. The Labute approximate surface area is 95.6 Å². The fourth-order valence-corrected chi connectivity index (χ4v) is 1.86. The Morgan fingerprint density at radius 2 is 1.88 bits per heavy atom. The van der Waals surface area contributed by atoms with E-state index in [0.717, 1.165) is 12.1 Å². The van der Waals surface area contributed by atoms with Crippen LogP contribution in [-0.2, 0) is 10.0 Å². The predicted octanol–water partition coefficient (Wildman–Crippen LogP) is 0.890. The molecule has 0 radical (unpaired) electrons. The molecule has 5 N–H and O–H groups in total. The third kappa shape index (κ3) is 4.11. The van der Waals surface area contributed by atoms with Crippen LogP contribution in [0.15, 0.2) is 23.1 Å². The van der Waals surface area contributed by atoms with Crippen molar-refractivity contribution in [3.63, 3.8) is 0 Å². The minimum atomic E-state index is -4.46. The van der Waals surface area contributed by atoms with Gasteiger partial charge in [-0.15, -0.1) is 0 Å². The van der Waals surface area contributed by atoms with Crippen LogP contribution in [0.5, 0.6) is 0 Å². The van der Waals surface area contributed by atoms with E-state index >= 15 is 0 Å². The van der Waals surface area contributed by atoms with Gasteiger partial charge in [-0.3, -0.25) is 0 Å². The highest BCUT2D eigenvalue weighted by molar-refractivity contribution is 7.89. The standard InChI is InChI=1S/C8H10F3N3O2S/c9-8(10,11)4-14-6-2-1-5(12)3-7(6)17(13,15)16/h1-3,14H,4,12H2,(H2,13,15,16). The normalized spacial score (nSPS) is 12.5. The Morgan fingerprint density at radius 3 is 2.35 bits per heavy atom. The van der Waals surface area contributed by atoms with Crippen molar-refractivity contribution in [2.45, 2.75) is 11.1 Å². The number of hydrogen-bond acceptors (Lipinski definition) is 4. The summed E-state index contributed by atoms with van der Waals surface area (Å²) in [5.74, 6) is 0. The van der Waals surface area contributed by atoms with Crippen molar-refractivity contribution in [1.29, 1.82) is 0 Å². The highest BCUT2D eigenvalue weighted by Gasteiger charge is 2.27. The molecule has 0 spiro atoms. The minimum Gasteiger partial charge on any atom is -0.399 e. The quantitative estimate of drug-likeness (QED) is 0.710. The second-order valence-corrected chi connectivity index (χ2v) is 4.80. The number of hydrogen-bond donors (Lipinski definition) is 3. The maximum absolute atomic E-state index is 12.0. The summed E-state index contributed by atoms with van der Waals surface area (Å²) >= 11 is 0. The van der Waals surface area contributed by atoms with E-state index in [9.17, 15) is 21.6 Å². The fourth-order valence-electron chi connectivity index (χ4n) is 1.12. The molecule has 5 nitrogen and oxygen atoms in total. The van der Waals surface area contributed by atoms with Crippen molar-refractivity contribution in [2.75, 3.05) is 17.6 Å². The van der Waals surface area contributed by atoms with Crippen LogP contribution in [0, 0.1) is 0 Å². The summed E-state index contributed by atoms with van der Waals surface area (Å²) in [7, 11) is -4.13. The Kier molecular flexibility index (Phi) is 3.53. The molecule has 1 rings (SSSR count). The van der Waals surface area contributed by atoms with Gasteiger partial charge in [-0.1, -0.05) is 0 Å². The number of benzene rings is 1. The Bertz CT molecular complexity index is 513. The zero-order chi connectivity index (χ0) is 13.3. The van der Waals surface area contributed by atoms with Crippen LogP contribution in [0.4, 0.5) is 24.5 Å². The molecule has 0 amide bonds. The van der Waals surface area contributed by atoms with Gasteiger partial charge in [0.05, 0.1) is 5.69 Å². The van der Waals surface area contributed by atoms with E-state index in [1.807, 2.05) is 5.32 Å². The van der Waals surface area contributed by atoms with E-state index in [-0.39, 0.29) is 11.4 Å². The van der Waals surface area contributed by atoms with E-state index in [1.165, 1.54) is 6.07 Å². The lowest BCUT2D eigenvalue weighted by atomic mass is 10.3. The number of rotatable bonds is 3. The van der Waals surface area contributed by atoms with Crippen molar-refractivity contribution >= 4 is 21.4 Å². The van der Waals surface area contributed by atoms with Crippen molar-refractivity contribution in [1.82, 2.24) is 0 Å². The summed E-state index contributed by atoms with van der Waals surface area (Å²) in [6, 6.07) is 3.39. The molecule has 1 aromatic rings. The first-order valence-corrected chi connectivity index (χ1v) is 5.87. The molecule has 0 bridgehead atoms. The van der Waals surface area contributed by atoms with E-state index in [4.69, 9.17) is 10.9 Å². The summed E-state index contributed by atoms with van der Waals surface area (Å²) in [6.45, 7) is -1.36. The van der Waals surface area contributed by atoms with Gasteiger partial charge in [-0.2, -0.15) is 13.2 Å². The third-order valence-corrected chi connectivity index (χ3v) is 2.74. The zero-order valence-electron chi connectivity index (χ0n) is 8.45. The van der Waals surface area contributed by atoms with Crippen LogP contribution in [0.2, 0.25) is 0 Å². The molecule has 0 aliphatic carbocycles. The monoisotopic (exact) mass is 269 g/mol. The number of halogens is 3. The van der Waals surface area contributed by atoms with E-state index < -0.39 is 27.6 Å². The van der Waals surface area contributed by atoms with Gasteiger partial charge in [0.25, 0.3) is 0 Å². The zero-order valence-corrected chi connectivity index (χ0v) is 9.27. The molecular formula is C8H10F3N3O2S. The van der Waals surface area contributed by atoms with Crippen molar-refractivity contribution in [2.24, 2.45) is 5.14 Å². The molecular weight excluding hydrogens is 259 g/mol. The topological polar surface area (TPSA) is 98.2 Å². The number of nitrogen functional groups attached to an aromatic ring is 1. The molecule has 0 saturated heterocycles. The van der Waals surface area contributed by atoms with Gasteiger partial charge in [0.15, 0.2) is 0 Å². The highest BCUT2D eigenvalue weighted by Crippen LogP contribution is 2.24. The fraction of sp³-hybridized carbons (Fsp3) is 0.250. The molecule has 0 unspecified atom stereocenters. The molecule has 0 heterocycles. The molecule has 0 aliphatic heterocycles. The lowest BCUT2D eigenvalue weighted by Crippen LogP contribution is -2.23. The van der Waals surface area contributed by atoms with Gasteiger partial charge >= 0.3 is 6.18 Å². The average molecular weight is 269 g/mol. The van der Waals surface area contributed by atoms with Crippen molar-refractivity contribution < 1.29 is 21.6 Å². The first kappa shape index (κ1) is 13.6. The second-order valence-electron chi connectivity index (χ2n) is 3.27. The number of sulfonamides is 1. The minimum absolute atomic E-state index is 0.0894. The number of nitrogens with two attached hydrogens (primary N) is 2. The van der Waals surface area contributed by atoms with Gasteiger partial charge in [0.1, 0.15) is 11.4 Å². The first-order valence-electron chi connectivity index (χ1n) is 4.32. The molecule has 0 aliphatic rings. The summed E-state index contributed by atoms with van der Waals surface area (Å²) in [5, 5.41) is 6.81. The van der Waals surface area contributed by atoms with Gasteiger partial charge in [-0.25, -0.2) is 13.6 Å². The van der Waals surface area contributed by atoms with Crippen LogP contribution in [0.3, 0.4) is 0 Å². The van der Waals surface area contributed by atoms with Crippen LogP contribution < -0.4 is 16.2 Å². The molecule has 0 aromatic heterocycles. The summed E-state index contributed by atoms with van der Waals surface area (Å²) in [6.07, 6.45) is -4.46. The van der Waals surface area contributed by atoms with E-state index in [0.29, 0.717) is 0 Å². The average Bonchev–Trinajstić information content (AvgIpc) is 2.13. The second kappa shape index (κ2) is 4.41. The lowest BCUT2D eigenvalue weighted by Gasteiger charge is -2.13. The van der Waals surface area contributed by atoms with Gasteiger partial charge in [0.2, 0.25) is 10.0 Å². The van der Waals surface area contributed by atoms with Crippen molar-refractivity contribution in [3.05, 3.63) is 18.2 Å². The molecule has 96 valence electrons. The molecule has 0 atom stereocenters. The molecule has 9 heteroatoms. The molecule has 0 saturated carbocycles. The SMILES string of the molecule is Nc1ccc(NCC(F)(F)F)c(S(N)(=O)=O)c1. The maximum Gasteiger partial charge on any atom is 0.405 e. The van der Waals surface area contributed by atoms with Crippen molar-refractivity contribution in [3.8, 4) is 0 Å². The molecule has 0 fully saturated rings. The summed E-state index contributed by atoms with van der Waals surface area (Å²) < 4.78 is 58.2. The molecule has 1 aromatic carbocycles. The Morgan fingerprint density at radius 1 is 1.29 bits per heavy atom. The van der Waals surface area contributed by atoms with Crippen LogP contribution in [0.1, 0.15) is 0 Å². The predicted molar refractivity (Wildman–Crippen MR) is 56.8 cm³/mol. The van der Waals surface area contributed by atoms with Gasteiger partial charge < -0.3 is 11.1 Å². The summed E-state index contributed by atoms with van der Waals surface area (Å²) in [4.78, 5) is -0.471. The van der Waals surface area contributed by atoms with E-state index in [2.05, 4.69) is 0 Å². The number of primary sulfonamides is 1. The maximum atomic E-state index is 12.0. The smallest absolute Gasteiger partial charge is 0.399 e. The largest absolute Gasteiger partial charge is 0.405 e. The van der Waals surface area contributed by atoms with Crippen LogP contribution >= 0.6 is 0 Å². The third-order valence-electron chi connectivity index (χ3n) is 1.79. The van der Waals surface area contributed by atoms with Gasteiger partial charge in [-0.05, 0) is 18.2 Å². The number of alkyl halides is 3. The number of nitrogens with one attached hydrogen (secondary N) is 1.